The summed E-state index contributed by atoms with van der Waals surface area (Å²) in [5.74, 6) is 3.44. The maximum absolute atomic E-state index is 5.86. The quantitative estimate of drug-likeness (QED) is 0.868. The Bertz CT molecular complexity index is 361. The van der Waals surface area contributed by atoms with E-state index >= 15 is 0 Å². The minimum Gasteiger partial charge on any atom is -0.330 e. The van der Waals surface area contributed by atoms with Crippen LogP contribution in [0.15, 0.2) is 24.3 Å². The molecule has 2 N–H and O–H groups in total. The van der Waals surface area contributed by atoms with E-state index in [0.29, 0.717) is 5.41 Å². The largest absolute Gasteiger partial charge is 0.330 e. The summed E-state index contributed by atoms with van der Waals surface area (Å²) < 4.78 is 0. The van der Waals surface area contributed by atoms with Crippen molar-refractivity contribution >= 4 is 11.8 Å². The molecule has 0 spiro atoms. The van der Waals surface area contributed by atoms with Crippen LogP contribution in [0.5, 0.6) is 0 Å². The van der Waals surface area contributed by atoms with E-state index in [-0.39, 0.29) is 0 Å². The van der Waals surface area contributed by atoms with Gasteiger partial charge in [0.25, 0.3) is 0 Å². The zero-order chi connectivity index (χ0) is 11.0. The van der Waals surface area contributed by atoms with Crippen LogP contribution in [-0.4, -0.2) is 18.1 Å². The molecule has 1 saturated carbocycles. The Hall–Kier alpha value is -0.470. The summed E-state index contributed by atoms with van der Waals surface area (Å²) in [5, 5.41) is 0. The van der Waals surface area contributed by atoms with E-state index in [0.717, 1.165) is 12.5 Å². The molecule has 1 aromatic rings. The first kappa shape index (κ1) is 10.7. The first-order chi connectivity index (χ1) is 7.84. The minimum atomic E-state index is 0.350. The van der Waals surface area contributed by atoms with E-state index in [9.17, 15) is 0 Å². The topological polar surface area (TPSA) is 26.0 Å². The van der Waals surface area contributed by atoms with Crippen molar-refractivity contribution in [3.8, 4) is 0 Å². The molecule has 2 fully saturated rings. The Balaban J connectivity index is 1.79. The van der Waals surface area contributed by atoms with Crippen molar-refractivity contribution in [1.29, 1.82) is 0 Å². The Labute approximate surface area is 102 Å². The monoisotopic (exact) mass is 233 g/mol. The molecule has 2 heteroatoms. The number of nitrogens with two attached hydrogens (primary N) is 1. The standard InChI is InChI=1S/C14H19NS/c15-10-14(6-7-14)13-3-1-11(2-4-13)12-5-8-16-9-12/h1-4,12H,5-10,15H2. The van der Waals surface area contributed by atoms with Crippen molar-refractivity contribution in [3.63, 3.8) is 0 Å². The van der Waals surface area contributed by atoms with Gasteiger partial charge in [0.2, 0.25) is 0 Å². The fraction of sp³-hybridized carbons (Fsp3) is 0.571. The van der Waals surface area contributed by atoms with Gasteiger partial charge in [0, 0.05) is 17.7 Å². The molecule has 0 radical (unpaired) electrons. The molecule has 2 aliphatic rings. The number of hydrogen-bond donors (Lipinski definition) is 1. The number of rotatable bonds is 3. The molecule has 1 aromatic carbocycles. The predicted molar refractivity (Wildman–Crippen MR) is 71.1 cm³/mol. The summed E-state index contributed by atoms with van der Waals surface area (Å²) in [4.78, 5) is 0. The Morgan fingerprint density at radius 2 is 2.00 bits per heavy atom. The van der Waals surface area contributed by atoms with Crippen LogP contribution in [0.25, 0.3) is 0 Å². The Morgan fingerprint density at radius 3 is 2.50 bits per heavy atom. The summed E-state index contributed by atoms with van der Waals surface area (Å²) in [6, 6.07) is 9.31. The molecular weight excluding hydrogens is 214 g/mol. The molecule has 1 nitrogen and oxygen atoms in total. The smallest absolute Gasteiger partial charge is 0.00762 e. The molecule has 3 rings (SSSR count). The van der Waals surface area contributed by atoms with Gasteiger partial charge in [-0.3, -0.25) is 0 Å². The summed E-state index contributed by atoms with van der Waals surface area (Å²) in [5.41, 5.74) is 9.20. The van der Waals surface area contributed by atoms with E-state index in [4.69, 9.17) is 5.73 Å². The average Bonchev–Trinajstić information content (AvgIpc) is 2.96. The van der Waals surface area contributed by atoms with Gasteiger partial charge in [-0.05, 0) is 42.1 Å². The van der Waals surface area contributed by atoms with Crippen LogP contribution < -0.4 is 5.73 Å². The van der Waals surface area contributed by atoms with Crippen molar-refractivity contribution in [3.05, 3.63) is 35.4 Å². The normalized spacial score (nSPS) is 26.9. The molecule has 0 amide bonds. The van der Waals surface area contributed by atoms with Gasteiger partial charge in [0.1, 0.15) is 0 Å². The van der Waals surface area contributed by atoms with E-state index in [1.807, 2.05) is 0 Å². The first-order valence-electron chi connectivity index (χ1n) is 6.22. The molecule has 1 aliphatic carbocycles. The fourth-order valence-electron chi connectivity index (χ4n) is 2.67. The van der Waals surface area contributed by atoms with Crippen LogP contribution in [0.3, 0.4) is 0 Å². The van der Waals surface area contributed by atoms with Crippen LogP contribution in [0.1, 0.15) is 36.3 Å². The van der Waals surface area contributed by atoms with Crippen molar-refractivity contribution < 1.29 is 0 Å². The van der Waals surface area contributed by atoms with Gasteiger partial charge in [0.05, 0.1) is 0 Å². The van der Waals surface area contributed by atoms with Gasteiger partial charge in [-0.1, -0.05) is 24.3 Å². The summed E-state index contributed by atoms with van der Waals surface area (Å²) in [6.45, 7) is 0.811. The lowest BCUT2D eigenvalue weighted by Crippen LogP contribution is -2.19. The lowest BCUT2D eigenvalue weighted by molar-refractivity contribution is 0.702. The van der Waals surface area contributed by atoms with Gasteiger partial charge >= 0.3 is 0 Å². The van der Waals surface area contributed by atoms with Crippen LogP contribution in [0.4, 0.5) is 0 Å². The molecule has 1 saturated heterocycles. The van der Waals surface area contributed by atoms with Crippen LogP contribution in [0.2, 0.25) is 0 Å². The lowest BCUT2D eigenvalue weighted by atomic mass is 9.92. The molecule has 1 heterocycles. The van der Waals surface area contributed by atoms with E-state index in [2.05, 4.69) is 36.0 Å². The maximum Gasteiger partial charge on any atom is 0.00762 e. The number of hydrogen-bond acceptors (Lipinski definition) is 2. The third-order valence-electron chi connectivity index (χ3n) is 4.17. The van der Waals surface area contributed by atoms with E-state index in [1.54, 1.807) is 0 Å². The van der Waals surface area contributed by atoms with Crippen LogP contribution in [-0.2, 0) is 5.41 Å². The van der Waals surface area contributed by atoms with Crippen molar-refractivity contribution in [2.24, 2.45) is 5.73 Å². The highest BCUT2D eigenvalue weighted by atomic mass is 32.2. The van der Waals surface area contributed by atoms with Gasteiger partial charge in [-0.2, -0.15) is 11.8 Å². The van der Waals surface area contributed by atoms with Crippen molar-refractivity contribution in [2.45, 2.75) is 30.6 Å². The Kier molecular flexibility index (Phi) is 2.72. The second kappa shape index (κ2) is 4.08. The SMILES string of the molecule is NCC1(c2ccc(C3CCSC3)cc2)CC1. The lowest BCUT2D eigenvalue weighted by Gasteiger charge is -2.15. The number of benzene rings is 1. The molecule has 86 valence electrons. The highest BCUT2D eigenvalue weighted by Crippen LogP contribution is 2.47. The molecule has 1 aliphatic heterocycles. The van der Waals surface area contributed by atoms with Crippen molar-refractivity contribution in [1.82, 2.24) is 0 Å². The summed E-state index contributed by atoms with van der Waals surface area (Å²) >= 11 is 2.08. The summed E-state index contributed by atoms with van der Waals surface area (Å²) in [7, 11) is 0. The zero-order valence-corrected chi connectivity index (χ0v) is 10.4. The van der Waals surface area contributed by atoms with Crippen LogP contribution in [0, 0.1) is 0 Å². The van der Waals surface area contributed by atoms with Gasteiger partial charge < -0.3 is 5.73 Å². The molecule has 16 heavy (non-hydrogen) atoms. The average molecular weight is 233 g/mol. The van der Waals surface area contributed by atoms with Gasteiger partial charge in [-0.25, -0.2) is 0 Å². The van der Waals surface area contributed by atoms with Gasteiger partial charge in [0.15, 0.2) is 0 Å². The van der Waals surface area contributed by atoms with Gasteiger partial charge in [-0.15, -0.1) is 0 Å². The van der Waals surface area contributed by atoms with E-state index < -0.39 is 0 Å². The molecule has 0 aromatic heterocycles. The maximum atomic E-state index is 5.86. The fourth-order valence-corrected chi connectivity index (χ4v) is 3.93. The van der Waals surface area contributed by atoms with Crippen LogP contribution >= 0.6 is 11.8 Å². The van der Waals surface area contributed by atoms with E-state index in [1.165, 1.54) is 41.9 Å². The molecule has 0 bridgehead atoms. The molecule has 1 atom stereocenters. The Morgan fingerprint density at radius 1 is 1.25 bits per heavy atom. The molecular formula is C14H19NS. The minimum absolute atomic E-state index is 0.350. The highest BCUT2D eigenvalue weighted by Gasteiger charge is 2.42. The van der Waals surface area contributed by atoms with Crippen molar-refractivity contribution in [2.75, 3.05) is 18.1 Å². The third-order valence-corrected chi connectivity index (χ3v) is 5.33. The second-order valence-corrected chi connectivity index (χ2v) is 6.32. The zero-order valence-electron chi connectivity index (χ0n) is 9.61. The summed E-state index contributed by atoms with van der Waals surface area (Å²) in [6.07, 6.45) is 3.91. The predicted octanol–water partition coefficient (Wildman–Crippen LogP) is 2.90. The highest BCUT2D eigenvalue weighted by molar-refractivity contribution is 7.99. The third kappa shape index (κ3) is 1.78. The second-order valence-electron chi connectivity index (χ2n) is 5.17. The first-order valence-corrected chi connectivity index (χ1v) is 7.38. The molecule has 1 unspecified atom stereocenters. The number of thioether (sulfide) groups is 1.